The third kappa shape index (κ3) is 4.96. The van der Waals surface area contributed by atoms with E-state index >= 15 is 0 Å². The van der Waals surface area contributed by atoms with Gasteiger partial charge in [0.25, 0.3) is 0 Å². The highest BCUT2D eigenvalue weighted by molar-refractivity contribution is 7.89. The Balaban J connectivity index is 1.52. The molecule has 0 aliphatic carbocycles. The van der Waals surface area contributed by atoms with Crippen LogP contribution in [0.15, 0.2) is 53.4 Å². The highest BCUT2D eigenvalue weighted by Crippen LogP contribution is 2.35. The molecule has 2 aliphatic rings. The molecule has 0 spiro atoms. The maximum absolute atomic E-state index is 13.1. The van der Waals surface area contributed by atoms with E-state index in [2.05, 4.69) is 5.32 Å². The lowest BCUT2D eigenvalue weighted by molar-refractivity contribution is -0.126. The number of piperidine rings is 1. The van der Waals surface area contributed by atoms with Crippen LogP contribution in [0.3, 0.4) is 0 Å². The molecule has 1 saturated heterocycles. The summed E-state index contributed by atoms with van der Waals surface area (Å²) in [5.41, 5.74) is 2.47. The summed E-state index contributed by atoms with van der Waals surface area (Å²) in [6.07, 6.45) is 4.06. The lowest BCUT2D eigenvalue weighted by Gasteiger charge is -2.26. The maximum Gasteiger partial charge on any atom is 0.243 e. The van der Waals surface area contributed by atoms with Gasteiger partial charge in [0, 0.05) is 38.2 Å². The average molecular weight is 470 g/mol. The molecular formula is C25H31N3O4S. The summed E-state index contributed by atoms with van der Waals surface area (Å²) in [5, 5.41) is 2.95. The van der Waals surface area contributed by atoms with Crippen LogP contribution in [0.5, 0.6) is 0 Å². The lowest BCUT2D eigenvalue weighted by atomic mass is 10.1. The number of anilines is 1. The summed E-state index contributed by atoms with van der Waals surface area (Å²) in [6.45, 7) is 3.30. The summed E-state index contributed by atoms with van der Waals surface area (Å²) in [6, 6.07) is 14.1. The zero-order valence-electron chi connectivity index (χ0n) is 19.0. The fourth-order valence-electron chi connectivity index (χ4n) is 4.62. The number of hydrogen-bond acceptors (Lipinski definition) is 4. The van der Waals surface area contributed by atoms with E-state index in [9.17, 15) is 18.0 Å². The Labute approximate surface area is 195 Å². The Hall–Kier alpha value is -2.71. The number of carbonyl (C=O) groups is 2. The van der Waals surface area contributed by atoms with E-state index in [4.69, 9.17) is 0 Å². The van der Waals surface area contributed by atoms with Crippen LogP contribution < -0.4 is 10.2 Å². The van der Waals surface area contributed by atoms with Crippen molar-refractivity contribution in [1.29, 1.82) is 0 Å². The number of amides is 2. The number of benzene rings is 2. The van der Waals surface area contributed by atoms with Crippen molar-refractivity contribution in [1.82, 2.24) is 9.62 Å². The Morgan fingerprint density at radius 1 is 1.03 bits per heavy atom. The first kappa shape index (κ1) is 23.4. The van der Waals surface area contributed by atoms with E-state index in [1.54, 1.807) is 25.1 Å². The van der Waals surface area contributed by atoms with Gasteiger partial charge < -0.3 is 5.32 Å². The molecule has 8 heteroatoms. The molecule has 1 N–H and O–H groups in total. The van der Waals surface area contributed by atoms with Crippen molar-refractivity contribution >= 4 is 27.5 Å². The molecule has 176 valence electrons. The molecule has 33 heavy (non-hydrogen) atoms. The molecule has 0 bridgehead atoms. The van der Waals surface area contributed by atoms with Crippen LogP contribution in [-0.4, -0.2) is 50.2 Å². The van der Waals surface area contributed by atoms with Gasteiger partial charge in [-0.15, -0.1) is 0 Å². The zero-order valence-corrected chi connectivity index (χ0v) is 19.8. The number of sulfonamides is 1. The highest BCUT2D eigenvalue weighted by atomic mass is 32.2. The average Bonchev–Trinajstić information content (AvgIpc) is 3.24. The second-order valence-electron chi connectivity index (χ2n) is 8.62. The molecule has 4 rings (SSSR count). The molecule has 1 fully saturated rings. The van der Waals surface area contributed by atoms with Gasteiger partial charge in [0.2, 0.25) is 21.8 Å². The van der Waals surface area contributed by atoms with Crippen LogP contribution in [0.25, 0.3) is 0 Å². The predicted molar refractivity (Wildman–Crippen MR) is 127 cm³/mol. The van der Waals surface area contributed by atoms with Crippen LogP contribution in [0.4, 0.5) is 5.69 Å². The Kier molecular flexibility index (Phi) is 7.14. The van der Waals surface area contributed by atoms with Gasteiger partial charge in [-0.25, -0.2) is 8.42 Å². The van der Waals surface area contributed by atoms with Gasteiger partial charge in [0.05, 0.1) is 4.90 Å². The standard InChI is InChI=1S/C25H31N3O4S/c1-2-24(29)28-22-12-11-21(33(31,32)27-15-7-4-8-16-27)17-20(22)18-23(28)25(30)26-14-13-19-9-5-3-6-10-19/h3,5-6,9-12,17,23H,2,4,7-8,13-16,18H2,1H3,(H,26,30)/t23-/m1/s1. The monoisotopic (exact) mass is 469 g/mol. The first-order chi connectivity index (χ1) is 15.9. The van der Waals surface area contributed by atoms with E-state index in [1.807, 2.05) is 30.3 Å². The Bertz CT molecular complexity index is 1110. The number of carbonyl (C=O) groups excluding carboxylic acids is 2. The number of fused-ring (bicyclic) bond motifs is 1. The largest absolute Gasteiger partial charge is 0.354 e. The number of nitrogens with one attached hydrogen (secondary N) is 1. The molecule has 0 aromatic heterocycles. The van der Waals surface area contributed by atoms with Crippen LogP contribution in [0, 0.1) is 0 Å². The van der Waals surface area contributed by atoms with E-state index < -0.39 is 16.1 Å². The smallest absolute Gasteiger partial charge is 0.243 e. The summed E-state index contributed by atoms with van der Waals surface area (Å²) in [5.74, 6) is -0.368. The first-order valence-corrected chi connectivity index (χ1v) is 13.1. The van der Waals surface area contributed by atoms with Crippen LogP contribution in [0.1, 0.15) is 43.7 Å². The molecule has 1 atom stereocenters. The molecule has 2 amide bonds. The molecule has 0 unspecified atom stereocenters. The van der Waals surface area contributed by atoms with Crippen molar-refractivity contribution in [3.05, 3.63) is 59.7 Å². The van der Waals surface area contributed by atoms with Crippen LogP contribution in [0.2, 0.25) is 0 Å². The third-order valence-electron chi connectivity index (χ3n) is 6.42. The van der Waals surface area contributed by atoms with Crippen LogP contribution in [-0.2, 0) is 32.5 Å². The van der Waals surface area contributed by atoms with Gasteiger partial charge in [-0.05, 0) is 48.6 Å². The molecule has 2 aliphatic heterocycles. The molecule has 7 nitrogen and oxygen atoms in total. The predicted octanol–water partition coefficient (Wildman–Crippen LogP) is 2.89. The molecule has 0 radical (unpaired) electrons. The summed E-state index contributed by atoms with van der Waals surface area (Å²) in [4.78, 5) is 27.5. The Morgan fingerprint density at radius 2 is 1.76 bits per heavy atom. The minimum absolute atomic E-state index is 0.149. The normalized spacial score (nSPS) is 18.7. The zero-order chi connectivity index (χ0) is 23.4. The van der Waals surface area contributed by atoms with E-state index in [0.717, 1.165) is 30.4 Å². The van der Waals surface area contributed by atoms with Gasteiger partial charge in [0.1, 0.15) is 6.04 Å². The molecular weight excluding hydrogens is 438 g/mol. The van der Waals surface area contributed by atoms with Crippen molar-refractivity contribution in [3.63, 3.8) is 0 Å². The quantitative estimate of drug-likeness (QED) is 0.676. The van der Waals surface area contributed by atoms with Crippen molar-refractivity contribution in [2.45, 2.75) is 56.4 Å². The van der Waals surface area contributed by atoms with Crippen LogP contribution >= 0.6 is 0 Å². The number of nitrogens with zero attached hydrogens (tertiary/aromatic N) is 2. The van der Waals surface area contributed by atoms with Crippen molar-refractivity contribution in [2.75, 3.05) is 24.5 Å². The topological polar surface area (TPSA) is 86.8 Å². The Morgan fingerprint density at radius 3 is 2.45 bits per heavy atom. The van der Waals surface area contributed by atoms with Gasteiger partial charge in [-0.2, -0.15) is 4.31 Å². The van der Waals surface area contributed by atoms with Crippen molar-refractivity contribution in [2.24, 2.45) is 0 Å². The molecule has 0 saturated carbocycles. The third-order valence-corrected chi connectivity index (χ3v) is 8.31. The second kappa shape index (κ2) is 10.1. The second-order valence-corrected chi connectivity index (χ2v) is 10.6. The lowest BCUT2D eigenvalue weighted by Crippen LogP contribution is -2.48. The van der Waals surface area contributed by atoms with E-state index in [-0.39, 0.29) is 23.1 Å². The van der Waals surface area contributed by atoms with Gasteiger partial charge >= 0.3 is 0 Å². The van der Waals surface area contributed by atoms with E-state index in [0.29, 0.717) is 38.2 Å². The minimum atomic E-state index is -3.58. The summed E-state index contributed by atoms with van der Waals surface area (Å²) in [7, 11) is -3.58. The molecule has 2 aromatic carbocycles. The fraction of sp³-hybridized carbons (Fsp3) is 0.440. The van der Waals surface area contributed by atoms with Gasteiger partial charge in [0.15, 0.2) is 0 Å². The first-order valence-electron chi connectivity index (χ1n) is 11.7. The highest BCUT2D eigenvalue weighted by Gasteiger charge is 2.38. The summed E-state index contributed by atoms with van der Waals surface area (Å²) >= 11 is 0. The fourth-order valence-corrected chi connectivity index (χ4v) is 6.19. The minimum Gasteiger partial charge on any atom is -0.354 e. The van der Waals surface area contributed by atoms with Gasteiger partial charge in [-0.3, -0.25) is 14.5 Å². The molecule has 2 aromatic rings. The van der Waals surface area contributed by atoms with Crippen molar-refractivity contribution < 1.29 is 18.0 Å². The van der Waals surface area contributed by atoms with Crippen molar-refractivity contribution in [3.8, 4) is 0 Å². The number of hydrogen-bond donors (Lipinski definition) is 1. The maximum atomic E-state index is 13.1. The number of rotatable bonds is 7. The van der Waals surface area contributed by atoms with E-state index in [1.165, 1.54) is 9.21 Å². The SMILES string of the molecule is CCC(=O)N1c2ccc(S(=O)(=O)N3CCCCC3)cc2C[C@@H]1C(=O)NCCc1ccccc1. The van der Waals surface area contributed by atoms with Gasteiger partial charge in [-0.1, -0.05) is 43.7 Å². The summed E-state index contributed by atoms with van der Waals surface area (Å²) < 4.78 is 27.8. The molecule has 2 heterocycles.